The van der Waals surface area contributed by atoms with E-state index in [9.17, 15) is 4.79 Å². The molecule has 108 valence electrons. The fraction of sp³-hybridized carbons (Fsp3) is 0.538. The van der Waals surface area contributed by atoms with Crippen molar-refractivity contribution in [3.05, 3.63) is 24.5 Å². The molecule has 1 aliphatic rings. The van der Waals surface area contributed by atoms with Gasteiger partial charge in [-0.25, -0.2) is 0 Å². The number of aromatic nitrogens is 1. The third-order valence-corrected chi connectivity index (χ3v) is 3.50. The maximum atomic E-state index is 12.0. The molecule has 1 saturated carbocycles. The van der Waals surface area contributed by atoms with Crippen LogP contribution in [0.3, 0.4) is 0 Å². The van der Waals surface area contributed by atoms with Gasteiger partial charge in [-0.3, -0.25) is 9.78 Å². The fourth-order valence-electron chi connectivity index (χ4n) is 2.34. The quantitative estimate of drug-likeness (QED) is 0.902. The van der Waals surface area contributed by atoms with Gasteiger partial charge in [0.05, 0.1) is 0 Å². The summed E-state index contributed by atoms with van der Waals surface area (Å²) in [5.41, 5.74) is 6.47. The smallest absolute Gasteiger partial charge is 0.227 e. The topological polar surface area (TPSA) is 68.0 Å². The number of rotatable bonds is 3. The molecule has 0 unspecified atom stereocenters. The standard InChI is InChI=1S/C13H19N3O.2ClH/c14-9-10-1-3-11(4-2-10)13(17)16-12-5-7-15-8-6-12;;/h5-8,10-11H,1-4,9,14H2,(H,15,16,17);2*1H. The number of halogens is 2. The Morgan fingerprint density at radius 2 is 1.79 bits per heavy atom. The number of nitrogens with one attached hydrogen (secondary N) is 1. The Hall–Kier alpha value is -0.840. The summed E-state index contributed by atoms with van der Waals surface area (Å²) in [6, 6.07) is 3.62. The highest BCUT2D eigenvalue weighted by molar-refractivity contribution is 5.92. The summed E-state index contributed by atoms with van der Waals surface area (Å²) in [4.78, 5) is 15.9. The van der Waals surface area contributed by atoms with Crippen molar-refractivity contribution in [1.29, 1.82) is 0 Å². The lowest BCUT2D eigenvalue weighted by molar-refractivity contribution is -0.121. The van der Waals surface area contributed by atoms with Crippen molar-refractivity contribution in [3.63, 3.8) is 0 Å². The predicted octanol–water partition coefficient (Wildman–Crippen LogP) is 2.63. The molecule has 0 radical (unpaired) electrons. The van der Waals surface area contributed by atoms with Gasteiger partial charge in [-0.05, 0) is 50.3 Å². The number of nitrogens with zero attached hydrogens (tertiary/aromatic N) is 1. The maximum Gasteiger partial charge on any atom is 0.227 e. The zero-order valence-electron chi connectivity index (χ0n) is 10.7. The van der Waals surface area contributed by atoms with Crippen LogP contribution < -0.4 is 11.1 Å². The van der Waals surface area contributed by atoms with Crippen LogP contribution in [0.15, 0.2) is 24.5 Å². The van der Waals surface area contributed by atoms with E-state index in [1.165, 1.54) is 0 Å². The Balaban J connectivity index is 0.00000162. The first-order valence-electron chi connectivity index (χ1n) is 6.20. The number of carbonyl (C=O) groups is 1. The molecule has 1 aromatic heterocycles. The predicted molar refractivity (Wildman–Crippen MR) is 81.9 cm³/mol. The molecule has 6 heteroatoms. The molecule has 0 saturated heterocycles. The van der Waals surface area contributed by atoms with E-state index in [-0.39, 0.29) is 36.6 Å². The number of hydrogen-bond acceptors (Lipinski definition) is 3. The van der Waals surface area contributed by atoms with Crippen LogP contribution in [0.4, 0.5) is 5.69 Å². The summed E-state index contributed by atoms with van der Waals surface area (Å²) in [7, 11) is 0. The minimum absolute atomic E-state index is 0. The Bertz CT molecular complexity index is 367. The highest BCUT2D eigenvalue weighted by Gasteiger charge is 2.25. The monoisotopic (exact) mass is 305 g/mol. The van der Waals surface area contributed by atoms with Crippen LogP contribution in [0.25, 0.3) is 0 Å². The lowest BCUT2D eigenvalue weighted by Gasteiger charge is -2.26. The zero-order valence-corrected chi connectivity index (χ0v) is 12.4. The first kappa shape index (κ1) is 18.2. The van der Waals surface area contributed by atoms with Gasteiger partial charge in [-0.15, -0.1) is 24.8 Å². The molecule has 0 aliphatic heterocycles. The summed E-state index contributed by atoms with van der Waals surface area (Å²) in [5, 5.41) is 2.93. The van der Waals surface area contributed by atoms with E-state index in [0.717, 1.165) is 37.9 Å². The molecule has 1 amide bonds. The van der Waals surface area contributed by atoms with E-state index in [1.54, 1.807) is 12.4 Å². The van der Waals surface area contributed by atoms with Crippen LogP contribution in [-0.4, -0.2) is 17.4 Å². The molecule has 19 heavy (non-hydrogen) atoms. The van der Waals surface area contributed by atoms with E-state index < -0.39 is 0 Å². The van der Waals surface area contributed by atoms with Crippen molar-refractivity contribution in [2.45, 2.75) is 25.7 Å². The van der Waals surface area contributed by atoms with Gasteiger partial charge in [-0.2, -0.15) is 0 Å². The molecule has 1 aliphatic carbocycles. The van der Waals surface area contributed by atoms with Crippen molar-refractivity contribution in [3.8, 4) is 0 Å². The largest absolute Gasteiger partial charge is 0.330 e. The summed E-state index contributed by atoms with van der Waals surface area (Å²) < 4.78 is 0. The molecule has 1 fully saturated rings. The van der Waals surface area contributed by atoms with Crippen LogP contribution in [0.5, 0.6) is 0 Å². The normalized spacial score (nSPS) is 21.7. The minimum Gasteiger partial charge on any atom is -0.330 e. The highest BCUT2D eigenvalue weighted by Crippen LogP contribution is 2.28. The number of carbonyl (C=O) groups excluding carboxylic acids is 1. The molecule has 2 rings (SSSR count). The van der Waals surface area contributed by atoms with Gasteiger partial charge < -0.3 is 11.1 Å². The van der Waals surface area contributed by atoms with Crippen LogP contribution >= 0.6 is 24.8 Å². The van der Waals surface area contributed by atoms with E-state index in [0.29, 0.717) is 5.92 Å². The first-order chi connectivity index (χ1) is 8.29. The molecule has 0 bridgehead atoms. The number of nitrogens with two attached hydrogens (primary N) is 1. The van der Waals surface area contributed by atoms with Gasteiger partial charge in [0.2, 0.25) is 5.91 Å². The van der Waals surface area contributed by atoms with Gasteiger partial charge in [0.15, 0.2) is 0 Å². The number of pyridine rings is 1. The van der Waals surface area contributed by atoms with Gasteiger partial charge in [0, 0.05) is 24.0 Å². The van der Waals surface area contributed by atoms with Gasteiger partial charge >= 0.3 is 0 Å². The minimum atomic E-state index is 0. The van der Waals surface area contributed by atoms with E-state index in [2.05, 4.69) is 10.3 Å². The van der Waals surface area contributed by atoms with E-state index >= 15 is 0 Å². The van der Waals surface area contributed by atoms with Crippen LogP contribution in [0.2, 0.25) is 0 Å². The van der Waals surface area contributed by atoms with Crippen molar-refractivity contribution < 1.29 is 4.79 Å². The number of hydrogen-bond donors (Lipinski definition) is 2. The second-order valence-electron chi connectivity index (χ2n) is 4.68. The third-order valence-electron chi connectivity index (χ3n) is 3.50. The van der Waals surface area contributed by atoms with Gasteiger partial charge in [0.1, 0.15) is 0 Å². The highest BCUT2D eigenvalue weighted by atomic mass is 35.5. The summed E-state index contributed by atoms with van der Waals surface area (Å²) in [6.45, 7) is 0.749. The Morgan fingerprint density at radius 1 is 1.21 bits per heavy atom. The number of anilines is 1. The van der Waals surface area contributed by atoms with Crippen molar-refractivity contribution in [1.82, 2.24) is 4.98 Å². The second-order valence-corrected chi connectivity index (χ2v) is 4.68. The van der Waals surface area contributed by atoms with E-state index in [4.69, 9.17) is 5.73 Å². The first-order valence-corrected chi connectivity index (χ1v) is 6.20. The summed E-state index contributed by atoms with van der Waals surface area (Å²) in [6.07, 6.45) is 7.43. The third kappa shape index (κ3) is 5.35. The molecule has 4 nitrogen and oxygen atoms in total. The Morgan fingerprint density at radius 3 is 2.32 bits per heavy atom. The lowest BCUT2D eigenvalue weighted by atomic mass is 9.81. The average Bonchev–Trinajstić information content (AvgIpc) is 2.40. The molecular formula is C13H21Cl2N3O. The van der Waals surface area contributed by atoms with Crippen molar-refractivity contribution in [2.75, 3.05) is 11.9 Å². The van der Waals surface area contributed by atoms with Crippen LogP contribution in [0.1, 0.15) is 25.7 Å². The molecule has 3 N–H and O–H groups in total. The fourth-order valence-corrected chi connectivity index (χ4v) is 2.34. The lowest BCUT2D eigenvalue weighted by Crippen LogP contribution is -2.29. The molecule has 0 aromatic carbocycles. The van der Waals surface area contributed by atoms with Crippen LogP contribution in [0, 0.1) is 11.8 Å². The number of amides is 1. The SMILES string of the molecule is Cl.Cl.NCC1CCC(C(=O)Nc2ccncc2)CC1. The molecule has 0 spiro atoms. The second kappa shape index (κ2) is 9.13. The molecule has 1 heterocycles. The zero-order chi connectivity index (χ0) is 12.1. The van der Waals surface area contributed by atoms with E-state index in [1.807, 2.05) is 12.1 Å². The van der Waals surface area contributed by atoms with Crippen molar-refractivity contribution in [2.24, 2.45) is 17.6 Å². The Kier molecular flexibility index (Phi) is 8.72. The average molecular weight is 306 g/mol. The Labute approximate surface area is 126 Å². The summed E-state index contributed by atoms with van der Waals surface area (Å²) in [5.74, 6) is 0.887. The van der Waals surface area contributed by atoms with Crippen molar-refractivity contribution >= 4 is 36.4 Å². The van der Waals surface area contributed by atoms with Gasteiger partial charge in [0.25, 0.3) is 0 Å². The molecule has 1 aromatic rings. The molecule has 0 atom stereocenters. The summed E-state index contributed by atoms with van der Waals surface area (Å²) >= 11 is 0. The van der Waals surface area contributed by atoms with Crippen LogP contribution in [-0.2, 0) is 4.79 Å². The molecular weight excluding hydrogens is 285 g/mol. The maximum absolute atomic E-state index is 12.0. The van der Waals surface area contributed by atoms with Gasteiger partial charge in [-0.1, -0.05) is 0 Å².